The summed E-state index contributed by atoms with van der Waals surface area (Å²) in [6, 6.07) is 8.24. The Morgan fingerprint density at radius 2 is 1.96 bits per heavy atom. The summed E-state index contributed by atoms with van der Waals surface area (Å²) in [6.45, 7) is 0. The average Bonchev–Trinajstić information content (AvgIpc) is 2.83. The first-order valence-electron chi connectivity index (χ1n) is 6.48. The molecule has 1 saturated heterocycles. The van der Waals surface area contributed by atoms with Crippen LogP contribution in [0.3, 0.4) is 0 Å². The van der Waals surface area contributed by atoms with Crippen LogP contribution >= 0.6 is 62.3 Å². The Hall–Kier alpha value is -1.23. The van der Waals surface area contributed by atoms with E-state index in [9.17, 15) is 9.59 Å². The summed E-state index contributed by atoms with van der Waals surface area (Å²) in [5.74, 6) is -0.722. The number of anilines is 1. The molecule has 1 aliphatic heterocycles. The number of amides is 2. The van der Waals surface area contributed by atoms with Crippen molar-refractivity contribution in [2.45, 2.75) is 0 Å². The maximum atomic E-state index is 12.7. The van der Waals surface area contributed by atoms with Gasteiger partial charge in [-0.25, -0.2) is 0 Å². The van der Waals surface area contributed by atoms with Crippen molar-refractivity contribution in [3.05, 3.63) is 54.9 Å². The van der Waals surface area contributed by atoms with Gasteiger partial charge in [0.05, 0.1) is 10.2 Å². The highest BCUT2D eigenvalue weighted by Crippen LogP contribution is 2.27. The molecule has 2 heterocycles. The molecule has 24 heavy (non-hydrogen) atoms. The molecule has 1 N–H and O–H groups in total. The Morgan fingerprint density at radius 3 is 2.54 bits per heavy atom. The Labute approximate surface area is 169 Å². The average molecular weight is 538 g/mol. The van der Waals surface area contributed by atoms with Crippen LogP contribution in [-0.2, 0) is 9.59 Å². The van der Waals surface area contributed by atoms with E-state index in [2.05, 4.69) is 21.2 Å². The molecule has 0 aliphatic carbocycles. The van der Waals surface area contributed by atoms with E-state index in [1.807, 2.05) is 22.6 Å². The van der Waals surface area contributed by atoms with Gasteiger partial charge in [-0.3, -0.25) is 19.8 Å². The van der Waals surface area contributed by atoms with Gasteiger partial charge in [-0.2, -0.15) is 0 Å². The van der Waals surface area contributed by atoms with Crippen LogP contribution in [0.4, 0.5) is 5.69 Å². The van der Waals surface area contributed by atoms with E-state index in [1.165, 1.54) is 11.0 Å². The van der Waals surface area contributed by atoms with E-state index in [0.29, 0.717) is 20.2 Å². The van der Waals surface area contributed by atoms with Gasteiger partial charge >= 0.3 is 0 Å². The molecular weight excluding hydrogens is 531 g/mol. The molecule has 5 nitrogen and oxygen atoms in total. The van der Waals surface area contributed by atoms with Crippen molar-refractivity contribution in [3.8, 4) is 0 Å². The fourth-order valence-electron chi connectivity index (χ4n) is 2.06. The van der Waals surface area contributed by atoms with Gasteiger partial charge < -0.3 is 4.42 Å². The number of hydrogen-bond acceptors (Lipinski definition) is 4. The summed E-state index contributed by atoms with van der Waals surface area (Å²) in [7, 11) is 0. The first kappa shape index (κ1) is 17.6. The van der Waals surface area contributed by atoms with E-state index < -0.39 is 11.8 Å². The molecule has 0 spiro atoms. The lowest BCUT2D eigenvalue weighted by Crippen LogP contribution is -2.54. The van der Waals surface area contributed by atoms with Crippen molar-refractivity contribution in [1.82, 2.24) is 5.32 Å². The topological polar surface area (TPSA) is 62.6 Å². The molecule has 1 aromatic carbocycles. The first-order chi connectivity index (χ1) is 11.4. The van der Waals surface area contributed by atoms with E-state index >= 15 is 0 Å². The van der Waals surface area contributed by atoms with E-state index in [0.717, 1.165) is 4.47 Å². The molecule has 122 valence electrons. The van der Waals surface area contributed by atoms with Gasteiger partial charge in [0.2, 0.25) is 0 Å². The van der Waals surface area contributed by atoms with Crippen molar-refractivity contribution in [3.63, 3.8) is 0 Å². The minimum absolute atomic E-state index is 0.0136. The molecule has 2 amide bonds. The maximum absolute atomic E-state index is 12.7. The van der Waals surface area contributed by atoms with Crippen molar-refractivity contribution >= 4 is 91.0 Å². The zero-order chi connectivity index (χ0) is 17.4. The zero-order valence-electron chi connectivity index (χ0n) is 11.7. The lowest BCUT2D eigenvalue weighted by Gasteiger charge is -2.28. The largest absolute Gasteiger partial charge is 0.450 e. The van der Waals surface area contributed by atoms with Crippen LogP contribution in [0.1, 0.15) is 5.76 Å². The molecule has 0 radical (unpaired) electrons. The van der Waals surface area contributed by atoms with Gasteiger partial charge in [0.25, 0.3) is 11.8 Å². The molecule has 1 fully saturated rings. The molecule has 1 aliphatic rings. The van der Waals surface area contributed by atoms with Gasteiger partial charge in [-0.15, -0.1) is 0 Å². The smallest absolute Gasteiger partial charge is 0.270 e. The number of benzene rings is 1. The van der Waals surface area contributed by atoms with E-state index in [4.69, 9.17) is 28.2 Å². The highest BCUT2D eigenvalue weighted by Gasteiger charge is 2.34. The second kappa shape index (κ2) is 6.95. The third-order valence-corrected chi connectivity index (χ3v) is 5.81. The molecule has 0 unspecified atom stereocenters. The third-order valence-electron chi connectivity index (χ3n) is 3.14. The molecule has 0 atom stereocenters. The summed E-state index contributed by atoms with van der Waals surface area (Å²) >= 11 is 16.3. The number of thiocarbonyl (C=S) groups is 1. The van der Waals surface area contributed by atoms with E-state index in [1.54, 1.807) is 30.3 Å². The van der Waals surface area contributed by atoms with Gasteiger partial charge in [-0.05, 0) is 64.6 Å². The van der Waals surface area contributed by atoms with Gasteiger partial charge in [0, 0.05) is 27.6 Å². The lowest BCUT2D eigenvalue weighted by atomic mass is 10.1. The molecule has 0 bridgehead atoms. The number of nitrogens with zero attached hydrogens (tertiary/aromatic N) is 1. The molecule has 9 heteroatoms. The second-order valence-electron chi connectivity index (χ2n) is 4.70. The Bertz CT molecular complexity index is 875. The SMILES string of the molecule is O=C1NC(=S)N(c2ccc(Cl)cc2)C(=O)/C1=C/c1cc(Br)c(I)o1. The molecule has 2 aromatic rings. The van der Waals surface area contributed by atoms with Crippen LogP contribution in [0.15, 0.2) is 44.8 Å². The quantitative estimate of drug-likeness (QED) is 0.271. The van der Waals surface area contributed by atoms with Crippen molar-refractivity contribution in [2.24, 2.45) is 0 Å². The zero-order valence-corrected chi connectivity index (χ0v) is 17.0. The number of halogens is 3. The van der Waals surface area contributed by atoms with Crippen LogP contribution < -0.4 is 10.2 Å². The predicted octanol–water partition coefficient (Wildman–Crippen LogP) is 4.13. The summed E-state index contributed by atoms with van der Waals surface area (Å²) in [5, 5.41) is 3.05. The fraction of sp³-hybridized carbons (Fsp3) is 0. The van der Waals surface area contributed by atoms with Crippen molar-refractivity contribution in [2.75, 3.05) is 4.90 Å². The normalized spacial score (nSPS) is 16.7. The predicted molar refractivity (Wildman–Crippen MR) is 107 cm³/mol. The van der Waals surface area contributed by atoms with E-state index in [-0.39, 0.29) is 10.7 Å². The van der Waals surface area contributed by atoms with Crippen LogP contribution in [-0.4, -0.2) is 16.9 Å². The van der Waals surface area contributed by atoms with Crippen LogP contribution in [0.25, 0.3) is 6.08 Å². The first-order valence-corrected chi connectivity index (χ1v) is 9.14. The number of hydrogen-bond donors (Lipinski definition) is 1. The highest BCUT2D eigenvalue weighted by atomic mass is 127. The molecule has 3 rings (SSSR count). The Morgan fingerprint density at radius 1 is 1.29 bits per heavy atom. The van der Waals surface area contributed by atoms with Crippen LogP contribution in [0, 0.1) is 3.77 Å². The Kier molecular flexibility index (Phi) is 5.09. The fourth-order valence-corrected chi connectivity index (χ4v) is 3.18. The number of nitrogens with one attached hydrogen (secondary N) is 1. The number of carbonyl (C=O) groups excluding carboxylic acids is 2. The molecule has 0 saturated carbocycles. The molecule has 1 aromatic heterocycles. The number of furan rings is 1. The third kappa shape index (κ3) is 3.41. The standard InChI is InChI=1S/C15H7BrClIN2O3S/c16-11-6-9(23-12(11)18)5-10-13(21)19-15(24)20(14(10)22)8-3-1-7(17)2-4-8/h1-6H,(H,19,21,24)/b10-5+. The second-order valence-corrected chi connectivity index (χ2v) is 7.36. The van der Waals surface area contributed by atoms with Gasteiger partial charge in [-0.1, -0.05) is 11.6 Å². The summed E-state index contributed by atoms with van der Waals surface area (Å²) < 4.78 is 6.82. The summed E-state index contributed by atoms with van der Waals surface area (Å²) in [6.07, 6.45) is 1.38. The van der Waals surface area contributed by atoms with Gasteiger partial charge in [0.15, 0.2) is 8.88 Å². The maximum Gasteiger partial charge on any atom is 0.270 e. The van der Waals surface area contributed by atoms with Crippen LogP contribution in [0.2, 0.25) is 5.02 Å². The number of carbonyl (C=O) groups is 2. The minimum atomic E-state index is -0.572. The van der Waals surface area contributed by atoms with Crippen molar-refractivity contribution < 1.29 is 14.0 Å². The monoisotopic (exact) mass is 536 g/mol. The molecular formula is C15H7BrClIN2O3S. The van der Waals surface area contributed by atoms with Crippen molar-refractivity contribution in [1.29, 1.82) is 0 Å². The summed E-state index contributed by atoms with van der Waals surface area (Å²) in [4.78, 5) is 26.1. The van der Waals surface area contributed by atoms with Gasteiger partial charge in [0.1, 0.15) is 11.3 Å². The Balaban J connectivity index is 2.01. The minimum Gasteiger partial charge on any atom is -0.450 e. The number of rotatable bonds is 2. The summed E-state index contributed by atoms with van der Waals surface area (Å²) in [5.41, 5.74) is 0.437. The highest BCUT2D eigenvalue weighted by molar-refractivity contribution is 14.1. The van der Waals surface area contributed by atoms with Crippen LogP contribution in [0.5, 0.6) is 0 Å². The lowest BCUT2D eigenvalue weighted by molar-refractivity contribution is -0.122.